The van der Waals surface area contributed by atoms with Crippen LogP contribution in [-0.4, -0.2) is 58.3 Å². The summed E-state index contributed by atoms with van der Waals surface area (Å²) >= 11 is 0. The Morgan fingerprint density at radius 2 is 2.03 bits per heavy atom. The fourth-order valence-electron chi connectivity index (χ4n) is 4.21. The van der Waals surface area contributed by atoms with Gasteiger partial charge >= 0.3 is 0 Å². The molecule has 1 atom stereocenters. The summed E-state index contributed by atoms with van der Waals surface area (Å²) in [6.07, 6.45) is 3.44. The van der Waals surface area contributed by atoms with E-state index in [1.165, 1.54) is 0 Å². The van der Waals surface area contributed by atoms with Crippen LogP contribution in [0.5, 0.6) is 5.75 Å². The molecule has 7 nitrogen and oxygen atoms in total. The van der Waals surface area contributed by atoms with Crippen molar-refractivity contribution in [1.29, 1.82) is 0 Å². The van der Waals surface area contributed by atoms with E-state index in [0.717, 1.165) is 35.5 Å². The summed E-state index contributed by atoms with van der Waals surface area (Å²) in [5.41, 5.74) is 3.60. The first kappa shape index (κ1) is 19.4. The Bertz CT molecular complexity index is 959. The topological polar surface area (TPSA) is 75.6 Å². The Labute approximate surface area is 170 Å². The lowest BCUT2D eigenvalue weighted by atomic mass is 10.0. The molecule has 0 spiro atoms. The summed E-state index contributed by atoms with van der Waals surface area (Å²) in [5.74, 6) is 1.64. The molecule has 0 aliphatic carbocycles. The number of likely N-dealkylation sites (tertiary alicyclic amines) is 1. The molecule has 1 fully saturated rings. The predicted octanol–water partition coefficient (Wildman–Crippen LogP) is 2.33. The minimum atomic E-state index is -0.0110. The normalized spacial score (nSPS) is 18.5. The van der Waals surface area contributed by atoms with Crippen molar-refractivity contribution in [2.24, 2.45) is 0 Å². The number of carbonyl (C=O) groups excluding carboxylic acids is 2. The number of aryl methyl sites for hydroxylation is 1. The van der Waals surface area contributed by atoms with Gasteiger partial charge in [0.15, 0.2) is 0 Å². The lowest BCUT2D eigenvalue weighted by Gasteiger charge is -2.27. The lowest BCUT2D eigenvalue weighted by Crippen LogP contribution is -2.35. The summed E-state index contributed by atoms with van der Waals surface area (Å²) in [6, 6.07) is 5.64. The first-order valence-electron chi connectivity index (χ1n) is 10.0. The molecule has 152 valence electrons. The zero-order valence-electron chi connectivity index (χ0n) is 17.1. The molecule has 4 rings (SSSR count). The Morgan fingerprint density at radius 1 is 1.21 bits per heavy atom. The molecular weight excluding hydrogens is 368 g/mol. The SMILES string of the molecule is COc1c(C)cccc1C(=O)N1CCC(c2ncc3c(n2)CCN(C(C)=O)C3)C1. The number of rotatable bonds is 3. The Morgan fingerprint density at radius 3 is 2.79 bits per heavy atom. The second-order valence-corrected chi connectivity index (χ2v) is 7.78. The van der Waals surface area contributed by atoms with Gasteiger partial charge in [0.05, 0.1) is 18.4 Å². The Balaban J connectivity index is 1.49. The monoisotopic (exact) mass is 394 g/mol. The van der Waals surface area contributed by atoms with Crippen LogP contribution in [0.25, 0.3) is 0 Å². The molecule has 2 aliphatic rings. The molecular formula is C22H26N4O3. The van der Waals surface area contributed by atoms with E-state index < -0.39 is 0 Å². The van der Waals surface area contributed by atoms with Gasteiger partial charge in [-0.25, -0.2) is 9.97 Å². The number of fused-ring (bicyclic) bond motifs is 1. The highest BCUT2D eigenvalue weighted by atomic mass is 16.5. The highest BCUT2D eigenvalue weighted by Crippen LogP contribution is 2.30. The van der Waals surface area contributed by atoms with Gasteiger partial charge in [0.2, 0.25) is 5.91 Å². The number of hydrogen-bond donors (Lipinski definition) is 0. The first-order valence-corrected chi connectivity index (χ1v) is 10.0. The molecule has 0 radical (unpaired) electrons. The minimum absolute atomic E-state index is 0.0110. The van der Waals surface area contributed by atoms with Crippen molar-refractivity contribution in [3.63, 3.8) is 0 Å². The number of carbonyl (C=O) groups is 2. The molecule has 2 amide bonds. The number of hydrogen-bond acceptors (Lipinski definition) is 5. The highest BCUT2D eigenvalue weighted by Gasteiger charge is 2.32. The number of aromatic nitrogens is 2. The number of methoxy groups -OCH3 is 1. The molecule has 0 saturated carbocycles. The highest BCUT2D eigenvalue weighted by molar-refractivity contribution is 5.97. The molecule has 1 aromatic carbocycles. The van der Waals surface area contributed by atoms with Gasteiger partial charge in [-0.1, -0.05) is 12.1 Å². The third kappa shape index (κ3) is 3.69. The largest absolute Gasteiger partial charge is 0.496 e. The quantitative estimate of drug-likeness (QED) is 0.799. The molecule has 2 aliphatic heterocycles. The number of para-hydroxylation sites is 1. The van der Waals surface area contributed by atoms with Gasteiger partial charge in [0, 0.05) is 57.2 Å². The number of ether oxygens (including phenoxy) is 1. The molecule has 2 aromatic rings. The second kappa shape index (κ2) is 7.81. The number of benzene rings is 1. The van der Waals surface area contributed by atoms with Crippen molar-refractivity contribution in [1.82, 2.24) is 19.8 Å². The van der Waals surface area contributed by atoms with Crippen molar-refractivity contribution in [3.8, 4) is 5.75 Å². The van der Waals surface area contributed by atoms with Crippen molar-refractivity contribution in [2.75, 3.05) is 26.7 Å². The van der Waals surface area contributed by atoms with Gasteiger partial charge in [0.25, 0.3) is 5.91 Å². The van der Waals surface area contributed by atoms with Crippen LogP contribution in [0.2, 0.25) is 0 Å². The number of nitrogens with zero attached hydrogens (tertiary/aromatic N) is 4. The van der Waals surface area contributed by atoms with Crippen LogP contribution in [0.1, 0.15) is 52.3 Å². The van der Waals surface area contributed by atoms with Gasteiger partial charge in [-0.05, 0) is 25.0 Å². The van der Waals surface area contributed by atoms with Gasteiger partial charge in [-0.15, -0.1) is 0 Å². The van der Waals surface area contributed by atoms with E-state index in [0.29, 0.717) is 37.5 Å². The van der Waals surface area contributed by atoms with Gasteiger partial charge in [-0.3, -0.25) is 9.59 Å². The maximum atomic E-state index is 13.1. The van der Waals surface area contributed by atoms with Crippen LogP contribution in [0, 0.1) is 6.92 Å². The lowest BCUT2D eigenvalue weighted by molar-refractivity contribution is -0.129. The summed E-state index contributed by atoms with van der Waals surface area (Å²) in [6.45, 7) is 6.09. The van der Waals surface area contributed by atoms with Crippen molar-refractivity contribution in [2.45, 2.75) is 39.2 Å². The summed E-state index contributed by atoms with van der Waals surface area (Å²) < 4.78 is 5.46. The van der Waals surface area contributed by atoms with E-state index in [9.17, 15) is 9.59 Å². The molecule has 7 heteroatoms. The summed E-state index contributed by atoms with van der Waals surface area (Å²) in [5, 5.41) is 0. The average molecular weight is 394 g/mol. The minimum Gasteiger partial charge on any atom is -0.496 e. The van der Waals surface area contributed by atoms with Crippen LogP contribution >= 0.6 is 0 Å². The average Bonchev–Trinajstić information content (AvgIpc) is 3.22. The third-order valence-corrected chi connectivity index (χ3v) is 5.88. The Hall–Kier alpha value is -2.96. The van der Waals surface area contributed by atoms with E-state index in [2.05, 4.69) is 4.98 Å². The Kier molecular flexibility index (Phi) is 5.22. The van der Waals surface area contributed by atoms with E-state index in [1.807, 2.05) is 41.1 Å². The maximum Gasteiger partial charge on any atom is 0.257 e. The zero-order chi connectivity index (χ0) is 20.5. The second-order valence-electron chi connectivity index (χ2n) is 7.78. The fourth-order valence-corrected chi connectivity index (χ4v) is 4.21. The molecule has 1 unspecified atom stereocenters. The fraction of sp³-hybridized carbons (Fsp3) is 0.455. The molecule has 1 saturated heterocycles. The van der Waals surface area contributed by atoms with E-state index >= 15 is 0 Å². The smallest absolute Gasteiger partial charge is 0.257 e. The van der Waals surface area contributed by atoms with E-state index in [4.69, 9.17) is 9.72 Å². The first-order chi connectivity index (χ1) is 14.0. The predicted molar refractivity (Wildman–Crippen MR) is 108 cm³/mol. The zero-order valence-corrected chi connectivity index (χ0v) is 17.1. The van der Waals surface area contributed by atoms with Crippen LogP contribution < -0.4 is 4.74 Å². The van der Waals surface area contributed by atoms with Crippen LogP contribution in [0.3, 0.4) is 0 Å². The van der Waals surface area contributed by atoms with E-state index in [1.54, 1.807) is 14.0 Å². The van der Waals surface area contributed by atoms with E-state index in [-0.39, 0.29) is 17.7 Å². The molecule has 3 heterocycles. The maximum absolute atomic E-state index is 13.1. The summed E-state index contributed by atoms with van der Waals surface area (Å²) in [7, 11) is 1.60. The van der Waals surface area contributed by atoms with Crippen LogP contribution in [0.15, 0.2) is 24.4 Å². The van der Waals surface area contributed by atoms with Crippen molar-refractivity contribution < 1.29 is 14.3 Å². The van der Waals surface area contributed by atoms with Gasteiger partial charge in [-0.2, -0.15) is 0 Å². The van der Waals surface area contributed by atoms with Crippen LogP contribution in [0.4, 0.5) is 0 Å². The molecule has 1 aromatic heterocycles. The van der Waals surface area contributed by atoms with Gasteiger partial charge in [0.1, 0.15) is 11.6 Å². The molecule has 0 bridgehead atoms. The standard InChI is InChI=1S/C22H26N4O3/c1-14-5-4-6-18(20(14)29-3)22(28)26-9-7-16(12-26)21-23-11-17-13-25(15(2)27)10-8-19(17)24-21/h4-6,11,16H,7-10,12-13H2,1-3H3. The molecule has 29 heavy (non-hydrogen) atoms. The summed E-state index contributed by atoms with van der Waals surface area (Å²) in [4.78, 5) is 37.7. The van der Waals surface area contributed by atoms with Gasteiger partial charge < -0.3 is 14.5 Å². The third-order valence-electron chi connectivity index (χ3n) is 5.88. The van der Waals surface area contributed by atoms with Crippen molar-refractivity contribution >= 4 is 11.8 Å². The number of amides is 2. The van der Waals surface area contributed by atoms with Crippen molar-refractivity contribution in [3.05, 3.63) is 52.6 Å². The molecule has 0 N–H and O–H groups in total. The van der Waals surface area contributed by atoms with Crippen LogP contribution in [-0.2, 0) is 17.8 Å².